The van der Waals surface area contributed by atoms with Crippen LogP contribution in [0, 0.1) is 0 Å². The molecule has 4 rings (SSSR count). The highest BCUT2D eigenvalue weighted by Gasteiger charge is 2.25. The molecule has 1 amide bonds. The number of nitrogens with one attached hydrogen (secondary N) is 1. The van der Waals surface area contributed by atoms with Gasteiger partial charge in [0.1, 0.15) is 0 Å². The van der Waals surface area contributed by atoms with Crippen LogP contribution in [0.3, 0.4) is 0 Å². The van der Waals surface area contributed by atoms with Crippen LogP contribution in [0.15, 0.2) is 41.3 Å². The molecule has 2 aromatic rings. The standard InChI is InChI=1S/C24H31N3O6S/c1-3-27(4-2)34(29,30)19-7-8-21(26-11-13-31-14-12-26)20(16-19)25-24(28)10-6-18-5-9-22-23(15-18)33-17-32-22/h5,7-9,15-16H,3-4,6,10-14,17H2,1-2H3,(H,25,28). The van der Waals surface area contributed by atoms with E-state index in [0.717, 1.165) is 11.3 Å². The van der Waals surface area contributed by atoms with Crippen LogP contribution in [0.1, 0.15) is 25.8 Å². The van der Waals surface area contributed by atoms with E-state index in [1.165, 1.54) is 4.31 Å². The molecule has 10 heteroatoms. The Bertz CT molecular complexity index is 1130. The number of aryl methyl sites for hydroxylation is 1. The molecule has 1 saturated heterocycles. The molecule has 34 heavy (non-hydrogen) atoms. The summed E-state index contributed by atoms with van der Waals surface area (Å²) >= 11 is 0. The lowest BCUT2D eigenvalue weighted by molar-refractivity contribution is -0.116. The van der Waals surface area contributed by atoms with Crippen LogP contribution in [0.2, 0.25) is 0 Å². The summed E-state index contributed by atoms with van der Waals surface area (Å²) in [4.78, 5) is 15.2. The second kappa shape index (κ2) is 10.6. The third-order valence-electron chi connectivity index (χ3n) is 6.01. The molecule has 0 spiro atoms. The zero-order chi connectivity index (χ0) is 24.1. The number of rotatable bonds is 9. The van der Waals surface area contributed by atoms with Crippen LogP contribution >= 0.6 is 0 Å². The van der Waals surface area contributed by atoms with Gasteiger partial charge in [-0.05, 0) is 42.3 Å². The number of hydrogen-bond donors (Lipinski definition) is 1. The highest BCUT2D eigenvalue weighted by Crippen LogP contribution is 2.33. The second-order valence-electron chi connectivity index (χ2n) is 8.10. The van der Waals surface area contributed by atoms with Crippen molar-refractivity contribution < 1.29 is 27.4 Å². The Morgan fingerprint density at radius 1 is 1.03 bits per heavy atom. The summed E-state index contributed by atoms with van der Waals surface area (Å²) in [5.41, 5.74) is 2.25. The van der Waals surface area contributed by atoms with Crippen molar-refractivity contribution in [1.82, 2.24) is 4.31 Å². The molecule has 184 valence electrons. The lowest BCUT2D eigenvalue weighted by Crippen LogP contribution is -2.37. The van der Waals surface area contributed by atoms with Gasteiger partial charge in [0.2, 0.25) is 22.7 Å². The summed E-state index contributed by atoms with van der Waals surface area (Å²) in [6.45, 7) is 7.07. The lowest BCUT2D eigenvalue weighted by Gasteiger charge is -2.31. The van der Waals surface area contributed by atoms with Gasteiger partial charge >= 0.3 is 0 Å². The summed E-state index contributed by atoms with van der Waals surface area (Å²) < 4.78 is 43.8. The Morgan fingerprint density at radius 2 is 1.76 bits per heavy atom. The second-order valence-corrected chi connectivity index (χ2v) is 10.0. The lowest BCUT2D eigenvalue weighted by atomic mass is 10.1. The zero-order valence-electron chi connectivity index (χ0n) is 19.6. The Labute approximate surface area is 200 Å². The number of fused-ring (bicyclic) bond motifs is 1. The molecule has 0 saturated carbocycles. The maximum absolute atomic E-state index is 13.1. The number of morpholine rings is 1. The number of amides is 1. The molecule has 2 aromatic carbocycles. The smallest absolute Gasteiger partial charge is 0.243 e. The fraction of sp³-hybridized carbons (Fsp3) is 0.458. The first kappa shape index (κ1) is 24.3. The van der Waals surface area contributed by atoms with Gasteiger partial charge in [-0.25, -0.2) is 8.42 Å². The van der Waals surface area contributed by atoms with Gasteiger partial charge in [0.05, 0.1) is 29.5 Å². The summed E-state index contributed by atoms with van der Waals surface area (Å²) in [5.74, 6) is 1.20. The highest BCUT2D eigenvalue weighted by atomic mass is 32.2. The molecular weight excluding hydrogens is 458 g/mol. The highest BCUT2D eigenvalue weighted by molar-refractivity contribution is 7.89. The molecule has 0 bridgehead atoms. The number of anilines is 2. The van der Waals surface area contributed by atoms with Crippen molar-refractivity contribution >= 4 is 27.3 Å². The summed E-state index contributed by atoms with van der Waals surface area (Å²) in [7, 11) is -3.66. The van der Waals surface area contributed by atoms with Crippen molar-refractivity contribution in [3.05, 3.63) is 42.0 Å². The van der Waals surface area contributed by atoms with Gasteiger partial charge in [-0.3, -0.25) is 4.79 Å². The quantitative estimate of drug-likeness (QED) is 0.578. The van der Waals surface area contributed by atoms with Crippen LogP contribution in [-0.2, 0) is 26.0 Å². The number of ether oxygens (including phenoxy) is 3. The summed E-state index contributed by atoms with van der Waals surface area (Å²) in [5, 5.41) is 2.96. The van der Waals surface area contributed by atoms with Gasteiger partial charge in [0.15, 0.2) is 11.5 Å². The zero-order valence-corrected chi connectivity index (χ0v) is 20.4. The molecule has 2 aliphatic heterocycles. The molecule has 0 atom stereocenters. The fourth-order valence-corrected chi connectivity index (χ4v) is 5.62. The minimum absolute atomic E-state index is 0.166. The number of nitrogens with zero attached hydrogens (tertiary/aromatic N) is 2. The van der Waals surface area contributed by atoms with Gasteiger partial charge < -0.3 is 24.4 Å². The number of carbonyl (C=O) groups excluding carboxylic acids is 1. The Morgan fingerprint density at radius 3 is 2.50 bits per heavy atom. The van der Waals surface area contributed by atoms with E-state index in [1.54, 1.807) is 18.2 Å². The predicted molar refractivity (Wildman–Crippen MR) is 129 cm³/mol. The van der Waals surface area contributed by atoms with Crippen LogP contribution in [0.4, 0.5) is 11.4 Å². The maximum atomic E-state index is 13.1. The van der Waals surface area contributed by atoms with E-state index in [2.05, 4.69) is 10.2 Å². The van der Waals surface area contributed by atoms with E-state index in [0.29, 0.717) is 63.0 Å². The van der Waals surface area contributed by atoms with E-state index in [4.69, 9.17) is 14.2 Å². The van der Waals surface area contributed by atoms with Crippen molar-refractivity contribution in [2.24, 2.45) is 0 Å². The normalized spacial score (nSPS) is 15.6. The molecule has 9 nitrogen and oxygen atoms in total. The molecule has 0 aliphatic carbocycles. The van der Waals surface area contributed by atoms with Crippen molar-refractivity contribution in [3.63, 3.8) is 0 Å². The molecular formula is C24H31N3O6S. The van der Waals surface area contributed by atoms with Crippen molar-refractivity contribution in [1.29, 1.82) is 0 Å². The van der Waals surface area contributed by atoms with Gasteiger partial charge in [-0.15, -0.1) is 0 Å². The van der Waals surface area contributed by atoms with Gasteiger partial charge in [0.25, 0.3) is 0 Å². The van der Waals surface area contributed by atoms with E-state index >= 15 is 0 Å². The van der Waals surface area contributed by atoms with Crippen LogP contribution in [0.5, 0.6) is 11.5 Å². The van der Waals surface area contributed by atoms with Crippen molar-refractivity contribution in [2.45, 2.75) is 31.6 Å². The Balaban J connectivity index is 1.54. The first-order valence-corrected chi connectivity index (χ1v) is 13.0. The van der Waals surface area contributed by atoms with Gasteiger partial charge in [-0.1, -0.05) is 19.9 Å². The minimum atomic E-state index is -3.66. The first-order valence-electron chi connectivity index (χ1n) is 11.6. The molecule has 0 aromatic heterocycles. The number of benzene rings is 2. The number of carbonyl (C=O) groups is 1. The number of sulfonamides is 1. The Hall–Kier alpha value is -2.82. The van der Waals surface area contributed by atoms with E-state index < -0.39 is 10.0 Å². The molecule has 0 unspecified atom stereocenters. The molecule has 1 N–H and O–H groups in total. The molecule has 2 aliphatic rings. The molecule has 1 fully saturated rings. The largest absolute Gasteiger partial charge is 0.454 e. The Kier molecular flexibility index (Phi) is 7.60. The molecule has 0 radical (unpaired) electrons. The van der Waals surface area contributed by atoms with Crippen LogP contribution in [0.25, 0.3) is 0 Å². The van der Waals surface area contributed by atoms with Gasteiger partial charge in [0, 0.05) is 32.6 Å². The minimum Gasteiger partial charge on any atom is -0.454 e. The third kappa shape index (κ3) is 5.29. The van der Waals surface area contributed by atoms with Crippen molar-refractivity contribution in [3.8, 4) is 11.5 Å². The van der Waals surface area contributed by atoms with E-state index in [-0.39, 0.29) is 24.0 Å². The fourth-order valence-electron chi connectivity index (χ4n) is 4.14. The van der Waals surface area contributed by atoms with Gasteiger partial charge in [-0.2, -0.15) is 4.31 Å². The average Bonchev–Trinajstić information content (AvgIpc) is 3.32. The summed E-state index contributed by atoms with van der Waals surface area (Å²) in [6, 6.07) is 10.6. The SMILES string of the molecule is CCN(CC)S(=O)(=O)c1ccc(N2CCOCC2)c(NC(=O)CCc2ccc3c(c2)OCO3)c1. The van der Waals surface area contributed by atoms with E-state index in [9.17, 15) is 13.2 Å². The van der Waals surface area contributed by atoms with Crippen molar-refractivity contribution in [2.75, 3.05) is 56.4 Å². The predicted octanol–water partition coefficient (Wildman–Crippen LogP) is 2.85. The maximum Gasteiger partial charge on any atom is 0.243 e. The topological polar surface area (TPSA) is 97.4 Å². The monoisotopic (exact) mass is 489 g/mol. The first-order chi connectivity index (χ1) is 16.4. The summed E-state index contributed by atoms with van der Waals surface area (Å²) in [6.07, 6.45) is 0.766. The van der Waals surface area contributed by atoms with Crippen LogP contribution in [-0.4, -0.2) is 64.8 Å². The number of hydrogen-bond acceptors (Lipinski definition) is 7. The van der Waals surface area contributed by atoms with Crippen LogP contribution < -0.4 is 19.7 Å². The van der Waals surface area contributed by atoms with E-state index in [1.807, 2.05) is 32.0 Å². The molecule has 2 heterocycles. The third-order valence-corrected chi connectivity index (χ3v) is 8.06. The average molecular weight is 490 g/mol.